The van der Waals surface area contributed by atoms with Crippen LogP contribution < -0.4 is 15.0 Å². The zero-order valence-electron chi connectivity index (χ0n) is 21.0. The highest BCUT2D eigenvalue weighted by Gasteiger charge is 2.41. The minimum absolute atomic E-state index is 0.564. The second-order valence-corrected chi connectivity index (χ2v) is 11.3. The van der Waals surface area contributed by atoms with Crippen molar-refractivity contribution in [2.75, 3.05) is 43.2 Å². The van der Waals surface area contributed by atoms with Gasteiger partial charge in [0.15, 0.2) is 0 Å². The third-order valence-corrected chi connectivity index (χ3v) is 9.46. The number of nitrogens with zero attached hydrogens (tertiary/aromatic N) is 4. The number of aromatic nitrogens is 1. The molecule has 186 valence electrons. The molecule has 2 unspecified atom stereocenters. The molecule has 0 amide bonds. The lowest BCUT2D eigenvalue weighted by atomic mass is 9.94. The highest BCUT2D eigenvalue weighted by molar-refractivity contribution is 7.99. The summed E-state index contributed by atoms with van der Waals surface area (Å²) in [5.74, 6) is 1.95. The summed E-state index contributed by atoms with van der Waals surface area (Å²) >= 11 is 1.95. The molecule has 2 bridgehead atoms. The summed E-state index contributed by atoms with van der Waals surface area (Å²) in [5, 5.41) is 14.4. The monoisotopic (exact) mass is 499 g/mol. The van der Waals surface area contributed by atoms with Gasteiger partial charge in [0, 0.05) is 71.9 Å². The standard InChI is InChI=1S/C29H33N5OS/c1-33(20-5-8-29-28(15-20)31-10-12-36-29)23-13-21-3-4-22(14-23)34(21)11-9-25-19(17-30)18-32-27-7-6-24(35-2)16-26(25)27/h5-8,15-16,18,21-23,31H,3-4,9-14H2,1-2H3. The van der Waals surface area contributed by atoms with Crippen LogP contribution in [0.2, 0.25) is 0 Å². The summed E-state index contributed by atoms with van der Waals surface area (Å²) in [6.07, 6.45) is 7.52. The van der Waals surface area contributed by atoms with Gasteiger partial charge in [0.25, 0.3) is 0 Å². The van der Waals surface area contributed by atoms with E-state index in [1.54, 1.807) is 13.3 Å². The van der Waals surface area contributed by atoms with E-state index in [4.69, 9.17) is 4.74 Å². The topological polar surface area (TPSA) is 64.4 Å². The lowest BCUT2D eigenvalue weighted by molar-refractivity contribution is 0.128. The molecule has 6 rings (SSSR count). The highest BCUT2D eigenvalue weighted by Crippen LogP contribution is 2.40. The molecule has 2 fully saturated rings. The van der Waals surface area contributed by atoms with E-state index in [0.717, 1.165) is 47.5 Å². The SMILES string of the molecule is COc1ccc2ncc(C#N)c(CCN3C4CCC3CC(N(C)c3ccc5c(c3)NCCS5)C4)c2c1. The van der Waals surface area contributed by atoms with Crippen LogP contribution in [0, 0.1) is 11.3 Å². The van der Waals surface area contributed by atoms with E-state index in [2.05, 4.69) is 51.4 Å². The predicted octanol–water partition coefficient (Wildman–Crippen LogP) is 5.31. The second kappa shape index (κ2) is 9.84. The van der Waals surface area contributed by atoms with Crippen molar-refractivity contribution in [1.82, 2.24) is 9.88 Å². The molecule has 0 spiro atoms. The summed E-state index contributed by atoms with van der Waals surface area (Å²) in [4.78, 5) is 11.1. The largest absolute Gasteiger partial charge is 0.497 e. The molecule has 2 atom stereocenters. The van der Waals surface area contributed by atoms with Crippen LogP contribution in [0.25, 0.3) is 10.9 Å². The Morgan fingerprint density at radius 1 is 1.19 bits per heavy atom. The number of thioether (sulfide) groups is 1. The zero-order chi connectivity index (χ0) is 24.6. The maximum Gasteiger partial charge on any atom is 0.119 e. The lowest BCUT2D eigenvalue weighted by Crippen LogP contribution is -2.50. The number of pyridine rings is 1. The summed E-state index contributed by atoms with van der Waals surface area (Å²) in [5.41, 5.74) is 5.30. The Kier molecular flexibility index (Phi) is 6.41. The first-order valence-corrected chi connectivity index (χ1v) is 14.0. The minimum atomic E-state index is 0.564. The van der Waals surface area contributed by atoms with Gasteiger partial charge in [-0.15, -0.1) is 11.8 Å². The molecule has 3 aliphatic heterocycles. The van der Waals surface area contributed by atoms with Gasteiger partial charge in [-0.1, -0.05) is 0 Å². The molecular weight excluding hydrogens is 466 g/mol. The van der Waals surface area contributed by atoms with E-state index >= 15 is 0 Å². The molecule has 7 heteroatoms. The minimum Gasteiger partial charge on any atom is -0.497 e. The van der Waals surface area contributed by atoms with Gasteiger partial charge in [-0.2, -0.15) is 5.26 Å². The first-order valence-electron chi connectivity index (χ1n) is 13.0. The molecule has 4 heterocycles. The van der Waals surface area contributed by atoms with Gasteiger partial charge >= 0.3 is 0 Å². The Labute approximate surface area is 217 Å². The van der Waals surface area contributed by atoms with Gasteiger partial charge in [0.05, 0.1) is 18.2 Å². The van der Waals surface area contributed by atoms with Gasteiger partial charge in [-0.3, -0.25) is 9.88 Å². The Morgan fingerprint density at radius 3 is 2.81 bits per heavy atom. The highest BCUT2D eigenvalue weighted by atomic mass is 32.2. The molecule has 0 aliphatic carbocycles. The van der Waals surface area contributed by atoms with Gasteiger partial charge in [-0.25, -0.2) is 0 Å². The number of nitriles is 1. The van der Waals surface area contributed by atoms with E-state index in [9.17, 15) is 5.26 Å². The molecule has 36 heavy (non-hydrogen) atoms. The molecule has 0 saturated carbocycles. The van der Waals surface area contributed by atoms with E-state index in [1.807, 2.05) is 30.0 Å². The van der Waals surface area contributed by atoms with Gasteiger partial charge in [0.2, 0.25) is 0 Å². The second-order valence-electron chi connectivity index (χ2n) is 10.2. The summed E-state index contributed by atoms with van der Waals surface area (Å²) < 4.78 is 5.46. The van der Waals surface area contributed by atoms with Crippen LogP contribution in [-0.4, -0.2) is 61.0 Å². The number of hydrogen-bond acceptors (Lipinski definition) is 7. The number of anilines is 2. The number of nitrogens with one attached hydrogen (secondary N) is 1. The normalized spacial score (nSPS) is 23.1. The fourth-order valence-corrected chi connectivity index (χ4v) is 7.32. The Bertz CT molecular complexity index is 1310. The van der Waals surface area contributed by atoms with Crippen molar-refractivity contribution in [1.29, 1.82) is 5.26 Å². The number of fused-ring (bicyclic) bond motifs is 4. The summed E-state index contributed by atoms with van der Waals surface area (Å²) in [6.45, 7) is 2.02. The molecule has 3 aliphatic rings. The quantitative estimate of drug-likeness (QED) is 0.493. The average Bonchev–Trinajstić information content (AvgIpc) is 3.16. The first-order chi connectivity index (χ1) is 17.6. The van der Waals surface area contributed by atoms with Crippen LogP contribution in [0.4, 0.5) is 11.4 Å². The summed E-state index contributed by atoms with van der Waals surface area (Å²) in [7, 11) is 3.95. The molecule has 1 N–H and O–H groups in total. The number of benzene rings is 2. The number of rotatable bonds is 6. The van der Waals surface area contributed by atoms with Crippen LogP contribution in [0.15, 0.2) is 47.5 Å². The van der Waals surface area contributed by atoms with Crippen molar-refractivity contribution in [3.8, 4) is 11.8 Å². The van der Waals surface area contributed by atoms with Crippen molar-refractivity contribution in [3.05, 3.63) is 53.7 Å². The number of hydrogen-bond donors (Lipinski definition) is 1. The number of methoxy groups -OCH3 is 1. The molecule has 0 radical (unpaired) electrons. The third kappa shape index (κ3) is 4.27. The van der Waals surface area contributed by atoms with Crippen LogP contribution in [-0.2, 0) is 6.42 Å². The molecule has 6 nitrogen and oxygen atoms in total. The van der Waals surface area contributed by atoms with Gasteiger partial charge < -0.3 is 15.0 Å². The average molecular weight is 500 g/mol. The zero-order valence-corrected chi connectivity index (χ0v) is 21.9. The first kappa shape index (κ1) is 23.4. The summed E-state index contributed by atoms with van der Waals surface area (Å²) in [6, 6.07) is 17.0. The fourth-order valence-electron chi connectivity index (χ4n) is 6.45. The fraction of sp³-hybridized carbons (Fsp3) is 0.448. The van der Waals surface area contributed by atoms with Crippen LogP contribution in [0.5, 0.6) is 5.75 Å². The van der Waals surface area contributed by atoms with Crippen molar-refractivity contribution in [2.24, 2.45) is 0 Å². The Morgan fingerprint density at radius 2 is 2.03 bits per heavy atom. The molecule has 2 saturated heterocycles. The molecule has 1 aromatic heterocycles. The van der Waals surface area contributed by atoms with Crippen molar-refractivity contribution in [2.45, 2.75) is 55.1 Å². The Balaban J connectivity index is 1.17. The predicted molar refractivity (Wildman–Crippen MR) is 147 cm³/mol. The van der Waals surface area contributed by atoms with Gasteiger partial charge in [0.1, 0.15) is 11.8 Å². The third-order valence-electron chi connectivity index (χ3n) is 8.38. The van der Waals surface area contributed by atoms with Crippen molar-refractivity contribution >= 4 is 34.0 Å². The van der Waals surface area contributed by atoms with Crippen molar-refractivity contribution < 1.29 is 4.74 Å². The van der Waals surface area contributed by atoms with Crippen molar-refractivity contribution in [3.63, 3.8) is 0 Å². The lowest BCUT2D eigenvalue weighted by Gasteiger charge is -2.43. The molecular formula is C29H33N5OS. The van der Waals surface area contributed by atoms with E-state index in [1.165, 1.54) is 42.0 Å². The van der Waals surface area contributed by atoms with E-state index in [0.29, 0.717) is 23.7 Å². The van der Waals surface area contributed by atoms with Crippen LogP contribution in [0.1, 0.15) is 36.8 Å². The maximum absolute atomic E-state index is 9.79. The molecule has 2 aromatic carbocycles. The van der Waals surface area contributed by atoms with Crippen LogP contribution in [0.3, 0.4) is 0 Å². The molecule has 3 aromatic rings. The Hall–Kier alpha value is -2.95. The van der Waals surface area contributed by atoms with E-state index in [-0.39, 0.29) is 0 Å². The van der Waals surface area contributed by atoms with Gasteiger partial charge in [-0.05, 0) is 74.1 Å². The number of piperidine rings is 1. The van der Waals surface area contributed by atoms with E-state index < -0.39 is 0 Å². The maximum atomic E-state index is 9.79. The van der Waals surface area contributed by atoms with Crippen LogP contribution >= 0.6 is 11.8 Å². The smallest absolute Gasteiger partial charge is 0.119 e. The number of ether oxygens (including phenoxy) is 1.